The largest absolute Gasteiger partial charge is 0.463 e. The van der Waals surface area contributed by atoms with Gasteiger partial charge in [-0.1, -0.05) is 221 Å². The predicted octanol–water partition coefficient (Wildman–Crippen LogP) is 19.2. The van der Waals surface area contributed by atoms with Crippen molar-refractivity contribution in [3.8, 4) is 17.2 Å². The summed E-state index contributed by atoms with van der Waals surface area (Å²) in [5.41, 5.74) is 10.5. The second kappa shape index (κ2) is 22.5. The average Bonchev–Trinajstić information content (AvgIpc) is 3.18. The molecule has 0 aliphatic heterocycles. The molecule has 4 rings (SSSR count). The maximum Gasteiger partial charge on any atom is 0.463 e. The van der Waals surface area contributed by atoms with Gasteiger partial charge < -0.3 is 22.8 Å². The first-order valence-corrected chi connectivity index (χ1v) is 28.6. The normalized spacial score (nSPS) is 14.9. The summed E-state index contributed by atoms with van der Waals surface area (Å²) in [7, 11) is -3.38. The monoisotopic (exact) mass is 1010 g/mol. The molecule has 0 N–H and O–H groups in total. The lowest BCUT2D eigenvalue weighted by atomic mass is 9.79. The molecule has 0 fully saturated rings. The fourth-order valence-corrected chi connectivity index (χ4v) is 10.9. The van der Waals surface area contributed by atoms with E-state index in [4.69, 9.17) is 27.4 Å². The molecule has 4 aromatic carbocycles. The van der Waals surface area contributed by atoms with Crippen LogP contribution in [0.4, 0.5) is 0 Å². The number of rotatable bonds is 16. The Morgan fingerprint density at radius 3 is 0.972 bits per heavy atom. The van der Waals surface area contributed by atoms with Gasteiger partial charge in [0.05, 0.1) is 31.6 Å². The van der Waals surface area contributed by atoms with Crippen LogP contribution in [0.15, 0.2) is 72.8 Å². The molecule has 0 aliphatic rings. The first-order chi connectivity index (χ1) is 32.0. The van der Waals surface area contributed by atoms with Gasteiger partial charge in [-0.25, -0.2) is 0 Å². The summed E-state index contributed by atoms with van der Waals surface area (Å²) in [6.45, 7) is 58.9. The number of ether oxygens (including phenoxy) is 1. The molecular formula is C63H98O6P2. The van der Waals surface area contributed by atoms with Crippen molar-refractivity contribution in [3.63, 3.8) is 0 Å². The topological polar surface area (TPSA) is 55.4 Å². The van der Waals surface area contributed by atoms with E-state index in [1.807, 2.05) is 6.92 Å². The average molecular weight is 1010 g/mol. The third kappa shape index (κ3) is 17.6. The van der Waals surface area contributed by atoms with E-state index in [0.717, 1.165) is 28.4 Å². The molecule has 0 saturated heterocycles. The molecule has 3 unspecified atom stereocenters. The van der Waals surface area contributed by atoms with Gasteiger partial charge in [-0.15, -0.1) is 0 Å². The second-order valence-corrected chi connectivity index (χ2v) is 30.8. The van der Waals surface area contributed by atoms with Crippen molar-refractivity contribution in [2.75, 3.05) is 13.2 Å². The maximum atomic E-state index is 7.12. The van der Waals surface area contributed by atoms with Crippen LogP contribution in [-0.2, 0) is 63.3 Å². The van der Waals surface area contributed by atoms with Gasteiger partial charge in [-0.05, 0) is 109 Å². The molecule has 3 atom stereocenters. The fourth-order valence-electron chi connectivity index (χ4n) is 8.24. The molecule has 0 aliphatic carbocycles. The van der Waals surface area contributed by atoms with E-state index >= 15 is 0 Å². The summed E-state index contributed by atoms with van der Waals surface area (Å²) >= 11 is 0. The van der Waals surface area contributed by atoms with Crippen LogP contribution in [0.25, 0.3) is 0 Å². The third-order valence-corrected chi connectivity index (χ3v) is 15.7. The van der Waals surface area contributed by atoms with Crippen LogP contribution >= 0.6 is 17.0 Å². The lowest BCUT2D eigenvalue weighted by Gasteiger charge is -2.31. The van der Waals surface area contributed by atoms with Gasteiger partial charge in [-0.3, -0.25) is 4.52 Å². The van der Waals surface area contributed by atoms with E-state index in [0.29, 0.717) is 19.4 Å². The fraction of sp³-hybridized carbons (Fsp3) is 0.619. The highest BCUT2D eigenvalue weighted by Crippen LogP contribution is 2.51. The molecule has 0 amide bonds. The molecule has 4 aromatic rings. The highest BCUT2D eigenvalue weighted by Gasteiger charge is 2.33. The Hall–Kier alpha value is -2.98. The van der Waals surface area contributed by atoms with Crippen LogP contribution in [0, 0.1) is 0 Å². The van der Waals surface area contributed by atoms with E-state index < -0.39 is 17.0 Å². The maximum absolute atomic E-state index is 7.12. The van der Waals surface area contributed by atoms with Gasteiger partial charge in [0.2, 0.25) is 8.38 Å². The Labute approximate surface area is 437 Å². The molecule has 396 valence electrons. The van der Waals surface area contributed by atoms with Crippen molar-refractivity contribution < 1.29 is 27.4 Å². The van der Waals surface area contributed by atoms with Gasteiger partial charge >= 0.3 is 8.60 Å². The van der Waals surface area contributed by atoms with Crippen LogP contribution < -0.4 is 13.6 Å². The number of benzene rings is 4. The van der Waals surface area contributed by atoms with Gasteiger partial charge in [0, 0.05) is 16.7 Å². The molecular weight excluding hydrogens is 915 g/mol. The Morgan fingerprint density at radius 1 is 0.352 bits per heavy atom. The van der Waals surface area contributed by atoms with Crippen molar-refractivity contribution in [3.05, 3.63) is 123 Å². The van der Waals surface area contributed by atoms with Crippen LogP contribution in [0.3, 0.4) is 0 Å². The van der Waals surface area contributed by atoms with Crippen LogP contribution in [0.2, 0.25) is 0 Å². The summed E-state index contributed by atoms with van der Waals surface area (Å²) in [6, 6.07) is 26.7. The van der Waals surface area contributed by atoms with E-state index in [1.54, 1.807) is 0 Å². The highest BCUT2D eigenvalue weighted by atomic mass is 31.2. The van der Waals surface area contributed by atoms with Crippen molar-refractivity contribution in [1.82, 2.24) is 0 Å². The van der Waals surface area contributed by atoms with E-state index in [-0.39, 0.29) is 55.5 Å². The minimum absolute atomic E-state index is 0.00242. The van der Waals surface area contributed by atoms with Gasteiger partial charge in [0.25, 0.3) is 0 Å². The summed E-state index contributed by atoms with van der Waals surface area (Å²) in [5.74, 6) is 2.39. The Morgan fingerprint density at radius 2 is 0.648 bits per heavy atom. The predicted molar refractivity (Wildman–Crippen MR) is 307 cm³/mol. The lowest BCUT2D eigenvalue weighted by molar-refractivity contribution is 0.0173. The zero-order valence-electron chi connectivity index (χ0n) is 49.5. The second-order valence-electron chi connectivity index (χ2n) is 28.4. The zero-order valence-corrected chi connectivity index (χ0v) is 51.3. The van der Waals surface area contributed by atoms with Gasteiger partial charge in [0.1, 0.15) is 17.2 Å². The van der Waals surface area contributed by atoms with E-state index in [1.165, 1.54) is 38.9 Å². The van der Waals surface area contributed by atoms with E-state index in [9.17, 15) is 0 Å². The molecule has 8 heteroatoms. The minimum atomic E-state index is -1.93. The quantitative estimate of drug-likeness (QED) is 0.104. The van der Waals surface area contributed by atoms with Crippen LogP contribution in [0.1, 0.15) is 230 Å². The zero-order chi connectivity index (χ0) is 54.1. The molecule has 6 nitrogen and oxygen atoms in total. The standard InChI is InChI=1S/C63H98O6P2/c1-42(65-70(41-44-27-28-45(56(3,4)5)35-49(44)60(15,16)17)67-53-32-29-46(57(6,7)8)36-50(53)61(18,19)20)39-64-40-43(2)66-71(68-54-33-30-47(58(9,10)11)37-51(54)62(21,22)23)69-55-34-31-48(59(12,13)14)38-52(55)63(24,25)26/h27-38,42-43H,39-41H2,1-26H3. The first-order valence-electron chi connectivity index (χ1n) is 26.2. The molecule has 0 spiro atoms. The lowest BCUT2D eigenvalue weighted by Crippen LogP contribution is -2.23. The smallest absolute Gasteiger partial charge is 0.447 e. The minimum Gasteiger partial charge on any atom is -0.447 e. The van der Waals surface area contributed by atoms with Crippen molar-refractivity contribution in [2.45, 2.75) is 242 Å². The number of hydrogen-bond donors (Lipinski definition) is 0. The molecule has 0 aromatic heterocycles. The first kappa shape index (κ1) is 60.6. The summed E-state index contributed by atoms with van der Waals surface area (Å²) in [4.78, 5) is 0. The molecule has 0 heterocycles. The Balaban J connectivity index is 1.66. The Kier molecular flexibility index (Phi) is 19.2. The van der Waals surface area contributed by atoms with E-state index in [2.05, 4.69) is 246 Å². The van der Waals surface area contributed by atoms with Crippen LogP contribution in [-0.4, -0.2) is 25.4 Å². The molecule has 0 saturated carbocycles. The van der Waals surface area contributed by atoms with Crippen molar-refractivity contribution in [2.24, 2.45) is 0 Å². The van der Waals surface area contributed by atoms with Crippen molar-refractivity contribution in [1.29, 1.82) is 0 Å². The van der Waals surface area contributed by atoms with Crippen LogP contribution in [0.5, 0.6) is 17.2 Å². The number of hydrogen-bond acceptors (Lipinski definition) is 6. The van der Waals surface area contributed by atoms with Gasteiger partial charge in [0.15, 0.2) is 0 Å². The summed E-state index contributed by atoms with van der Waals surface area (Å²) < 4.78 is 41.2. The molecule has 71 heavy (non-hydrogen) atoms. The summed E-state index contributed by atoms with van der Waals surface area (Å²) in [6.07, 6.45) is 0.00391. The molecule has 0 radical (unpaired) electrons. The SMILES string of the molecule is CC(COCC(C)OP(Oc1ccc(C(C)(C)C)cc1C(C)(C)C)Oc1ccc(C(C)(C)C)cc1C(C)(C)C)OP(Cc1ccc(C(C)(C)C)cc1C(C)(C)C)Oc1ccc(C(C)(C)C)cc1C(C)(C)C. The van der Waals surface area contributed by atoms with Gasteiger partial charge in [-0.2, -0.15) is 0 Å². The summed E-state index contributed by atoms with van der Waals surface area (Å²) in [5, 5.41) is 0. The Bertz CT molecular complexity index is 2060. The van der Waals surface area contributed by atoms with Crippen molar-refractivity contribution >= 4 is 17.0 Å². The molecule has 0 bridgehead atoms. The third-order valence-electron chi connectivity index (χ3n) is 12.9. The highest BCUT2D eigenvalue weighted by molar-refractivity contribution is 7.46.